The molecule has 2 fully saturated rings. The van der Waals surface area contributed by atoms with Crippen molar-refractivity contribution in [2.24, 2.45) is 23.2 Å². The van der Waals surface area contributed by atoms with Crippen LogP contribution in [0.2, 0.25) is 0 Å². The van der Waals surface area contributed by atoms with E-state index < -0.39 is 0 Å². The van der Waals surface area contributed by atoms with Gasteiger partial charge in [-0.05, 0) is 98.1 Å². The van der Waals surface area contributed by atoms with Gasteiger partial charge < -0.3 is 4.74 Å². The quantitative estimate of drug-likeness (QED) is 0.595. The molecule has 0 amide bonds. The summed E-state index contributed by atoms with van der Waals surface area (Å²) in [5, 5.41) is 0. The summed E-state index contributed by atoms with van der Waals surface area (Å²) in [7, 11) is 0. The lowest BCUT2D eigenvalue weighted by atomic mass is 9.53. The Morgan fingerprint density at radius 3 is 2.72 bits per heavy atom. The van der Waals surface area contributed by atoms with E-state index in [1.54, 1.807) is 11.1 Å². The fourth-order valence-corrected chi connectivity index (χ4v) is 6.97. The molecule has 4 rings (SSSR count). The second-order valence-corrected chi connectivity index (χ2v) is 9.26. The molecule has 25 heavy (non-hydrogen) atoms. The highest BCUT2D eigenvalue weighted by molar-refractivity contribution is 5.49. The van der Waals surface area contributed by atoms with E-state index in [1.165, 1.54) is 56.3 Å². The number of fused-ring (bicyclic) bond motifs is 5. The molecule has 3 aliphatic carbocycles. The van der Waals surface area contributed by atoms with Gasteiger partial charge in [0.1, 0.15) is 5.75 Å². The topological polar surface area (TPSA) is 9.23 Å². The predicted octanol–water partition coefficient (Wildman–Crippen LogP) is 6.67. The Morgan fingerprint density at radius 1 is 1.12 bits per heavy atom. The van der Waals surface area contributed by atoms with Crippen molar-refractivity contribution in [3.8, 4) is 5.75 Å². The van der Waals surface area contributed by atoms with Gasteiger partial charge in [-0.2, -0.15) is 0 Å². The third-order valence-corrected chi connectivity index (χ3v) is 8.24. The minimum Gasteiger partial charge on any atom is -0.493 e. The summed E-state index contributed by atoms with van der Waals surface area (Å²) >= 11 is 0. The van der Waals surface area contributed by atoms with Gasteiger partial charge in [-0.15, -0.1) is 0 Å². The first kappa shape index (κ1) is 17.4. The lowest BCUT2D eigenvalue weighted by Crippen LogP contribution is -2.42. The second-order valence-electron chi connectivity index (χ2n) is 9.26. The average molecular weight is 341 g/mol. The Hall–Kier alpha value is -0.980. The van der Waals surface area contributed by atoms with Crippen LogP contribution in [-0.2, 0) is 6.42 Å². The summed E-state index contributed by atoms with van der Waals surface area (Å²) in [6.45, 7) is 10.4. The minimum atomic E-state index is 0.613. The molecule has 1 heteroatoms. The Kier molecular flexibility index (Phi) is 4.63. The van der Waals surface area contributed by atoms with Crippen LogP contribution in [0.1, 0.15) is 88.3 Å². The van der Waals surface area contributed by atoms with Crippen molar-refractivity contribution in [1.29, 1.82) is 0 Å². The highest BCUT2D eigenvalue weighted by Gasteiger charge is 2.54. The maximum Gasteiger partial charge on any atom is 0.123 e. The normalized spacial score (nSPS) is 36.5. The molecule has 138 valence electrons. The van der Waals surface area contributed by atoms with Gasteiger partial charge in [0.15, 0.2) is 0 Å². The van der Waals surface area contributed by atoms with Crippen LogP contribution in [0.25, 0.3) is 0 Å². The highest BCUT2D eigenvalue weighted by atomic mass is 16.5. The number of hydrogen-bond donors (Lipinski definition) is 0. The van der Waals surface area contributed by atoms with E-state index in [9.17, 15) is 0 Å². The largest absolute Gasteiger partial charge is 0.493 e. The molecule has 2 saturated carbocycles. The van der Waals surface area contributed by atoms with Crippen LogP contribution in [0.15, 0.2) is 12.1 Å². The van der Waals surface area contributed by atoms with Gasteiger partial charge in [0.05, 0.1) is 6.61 Å². The molecular formula is C24H36O. The zero-order valence-electron chi connectivity index (χ0n) is 16.7. The third kappa shape index (κ3) is 2.64. The van der Waals surface area contributed by atoms with E-state index in [-0.39, 0.29) is 0 Å². The Labute approximate surface area is 154 Å². The molecule has 4 unspecified atom stereocenters. The van der Waals surface area contributed by atoms with Crippen molar-refractivity contribution in [2.75, 3.05) is 6.61 Å². The molecule has 0 heterocycles. The zero-order chi connectivity index (χ0) is 17.6. The highest BCUT2D eigenvalue weighted by Crippen LogP contribution is 2.64. The first-order valence-electron chi connectivity index (χ1n) is 10.8. The molecule has 0 N–H and O–H groups in total. The van der Waals surface area contributed by atoms with Gasteiger partial charge in [-0.1, -0.05) is 33.3 Å². The number of benzene rings is 1. The van der Waals surface area contributed by atoms with Gasteiger partial charge in [0, 0.05) is 5.56 Å². The van der Waals surface area contributed by atoms with Gasteiger partial charge in [0.25, 0.3) is 0 Å². The molecule has 0 radical (unpaired) electrons. The van der Waals surface area contributed by atoms with Gasteiger partial charge in [-0.25, -0.2) is 0 Å². The van der Waals surface area contributed by atoms with Crippen LogP contribution in [0.4, 0.5) is 0 Å². The van der Waals surface area contributed by atoms with E-state index in [4.69, 9.17) is 4.74 Å². The van der Waals surface area contributed by atoms with Crippen LogP contribution in [0.3, 0.4) is 0 Å². The first-order valence-corrected chi connectivity index (χ1v) is 10.8. The molecule has 1 aromatic carbocycles. The molecule has 0 aliphatic heterocycles. The summed E-state index contributed by atoms with van der Waals surface area (Å²) in [4.78, 5) is 0. The second kappa shape index (κ2) is 6.63. The van der Waals surface area contributed by atoms with Crippen molar-refractivity contribution in [1.82, 2.24) is 0 Å². The third-order valence-electron chi connectivity index (χ3n) is 8.24. The lowest BCUT2D eigenvalue weighted by molar-refractivity contribution is 0.0264. The van der Waals surface area contributed by atoms with Crippen molar-refractivity contribution in [2.45, 2.75) is 85.0 Å². The number of ether oxygens (including phenoxy) is 1. The minimum absolute atomic E-state index is 0.613. The molecule has 0 bridgehead atoms. The van der Waals surface area contributed by atoms with Crippen LogP contribution in [-0.4, -0.2) is 6.61 Å². The number of aryl methyl sites for hydroxylation is 1. The van der Waals surface area contributed by atoms with Crippen molar-refractivity contribution in [3.05, 3.63) is 28.8 Å². The molecular weight excluding hydrogens is 304 g/mol. The van der Waals surface area contributed by atoms with Gasteiger partial charge in [0.2, 0.25) is 0 Å². The van der Waals surface area contributed by atoms with E-state index in [2.05, 4.69) is 39.8 Å². The summed E-state index contributed by atoms with van der Waals surface area (Å²) in [5.74, 6) is 4.78. The molecule has 0 aromatic heterocycles. The maximum atomic E-state index is 6.24. The lowest BCUT2D eigenvalue weighted by Gasteiger charge is -2.51. The smallest absolute Gasteiger partial charge is 0.123 e. The Bertz CT molecular complexity index is 633. The summed E-state index contributed by atoms with van der Waals surface area (Å²) in [6.07, 6.45) is 10.9. The zero-order valence-corrected chi connectivity index (χ0v) is 16.7. The Morgan fingerprint density at radius 2 is 1.96 bits per heavy atom. The molecule has 5 atom stereocenters. The first-order chi connectivity index (χ1) is 12.1. The van der Waals surface area contributed by atoms with Crippen molar-refractivity contribution in [3.63, 3.8) is 0 Å². The Balaban J connectivity index is 1.70. The monoisotopic (exact) mass is 340 g/mol. The van der Waals surface area contributed by atoms with Crippen LogP contribution in [0, 0.1) is 30.1 Å². The van der Waals surface area contributed by atoms with E-state index in [0.29, 0.717) is 5.41 Å². The molecule has 0 saturated heterocycles. The van der Waals surface area contributed by atoms with Crippen molar-refractivity contribution < 1.29 is 4.74 Å². The van der Waals surface area contributed by atoms with Crippen molar-refractivity contribution >= 4 is 0 Å². The van der Waals surface area contributed by atoms with Crippen LogP contribution < -0.4 is 4.74 Å². The standard InChI is InChI=1S/C24H36O/c1-5-15-25-22-12-7-16(3)18-9-10-19-20(23(18)22)13-14-24(4)17(6-2)8-11-21(19)24/h7,12,17,19-21H,5-6,8-11,13-15H2,1-4H3/t17?,19?,20?,21?,24-/m1/s1. The van der Waals surface area contributed by atoms with Crippen LogP contribution >= 0.6 is 0 Å². The fraction of sp³-hybridized carbons (Fsp3) is 0.750. The maximum absolute atomic E-state index is 6.24. The molecule has 0 spiro atoms. The predicted molar refractivity (Wildman–Crippen MR) is 105 cm³/mol. The average Bonchev–Trinajstić information content (AvgIpc) is 2.97. The van der Waals surface area contributed by atoms with E-state index in [1.807, 2.05) is 0 Å². The van der Waals surface area contributed by atoms with Gasteiger partial charge in [-0.3, -0.25) is 0 Å². The summed E-state index contributed by atoms with van der Waals surface area (Å²) < 4.78 is 6.24. The van der Waals surface area contributed by atoms with E-state index >= 15 is 0 Å². The molecule has 1 aromatic rings. The fourth-order valence-electron chi connectivity index (χ4n) is 6.97. The van der Waals surface area contributed by atoms with Gasteiger partial charge >= 0.3 is 0 Å². The van der Waals surface area contributed by atoms with E-state index in [0.717, 1.165) is 36.7 Å². The molecule has 3 aliphatic rings. The SMILES string of the molecule is CCCOc1ccc(C)c2c1C1CC[C@]3(C)C(CC)CCC3C1CC2. The van der Waals surface area contributed by atoms with Crippen LogP contribution in [0.5, 0.6) is 5.75 Å². The summed E-state index contributed by atoms with van der Waals surface area (Å²) in [6, 6.07) is 4.56. The number of hydrogen-bond acceptors (Lipinski definition) is 1. The summed E-state index contributed by atoms with van der Waals surface area (Å²) in [5.41, 5.74) is 5.35. The number of rotatable bonds is 4. The molecule has 1 nitrogen and oxygen atoms in total.